The highest BCUT2D eigenvalue weighted by Gasteiger charge is 2.32. The molecule has 28 heavy (non-hydrogen) atoms. The minimum atomic E-state index is -4.42. The van der Waals surface area contributed by atoms with Crippen LogP contribution in [0.15, 0.2) is 42.5 Å². The Morgan fingerprint density at radius 3 is 2.61 bits per heavy atom. The third kappa shape index (κ3) is 3.21. The zero-order valence-corrected chi connectivity index (χ0v) is 15.3. The lowest BCUT2D eigenvalue weighted by atomic mass is 10.1. The number of carbonyl (C=O) groups is 1. The SMILES string of the molecule is CCn1c(-c2cccc(NC(=O)C3CC3)c2)c(N)c2ccc(C(F)(F)F)cc21. The van der Waals surface area contributed by atoms with Gasteiger partial charge >= 0.3 is 6.18 Å². The van der Waals surface area contributed by atoms with Crippen LogP contribution < -0.4 is 11.1 Å². The number of hydrogen-bond acceptors (Lipinski definition) is 2. The smallest absolute Gasteiger partial charge is 0.396 e. The van der Waals surface area contributed by atoms with E-state index in [-0.39, 0.29) is 11.8 Å². The molecule has 3 N–H and O–H groups in total. The van der Waals surface area contributed by atoms with E-state index in [2.05, 4.69) is 5.32 Å². The van der Waals surface area contributed by atoms with Gasteiger partial charge in [0, 0.05) is 29.1 Å². The predicted molar refractivity (Wildman–Crippen MR) is 104 cm³/mol. The Hall–Kier alpha value is -2.96. The van der Waals surface area contributed by atoms with Gasteiger partial charge in [-0.05, 0) is 44.0 Å². The van der Waals surface area contributed by atoms with Crippen molar-refractivity contribution in [1.29, 1.82) is 0 Å². The summed E-state index contributed by atoms with van der Waals surface area (Å²) < 4.78 is 41.2. The number of carbonyl (C=O) groups excluding carboxylic acids is 1. The Morgan fingerprint density at radius 2 is 1.96 bits per heavy atom. The number of alkyl halides is 3. The molecule has 1 amide bonds. The third-order valence-electron chi connectivity index (χ3n) is 5.10. The number of halogens is 3. The van der Waals surface area contributed by atoms with Crippen LogP contribution >= 0.6 is 0 Å². The first-order valence-corrected chi connectivity index (χ1v) is 9.19. The molecule has 146 valence electrons. The summed E-state index contributed by atoms with van der Waals surface area (Å²) in [4.78, 5) is 12.0. The number of rotatable bonds is 4. The number of amides is 1. The average Bonchev–Trinajstić information content (AvgIpc) is 3.46. The summed E-state index contributed by atoms with van der Waals surface area (Å²) in [5, 5.41) is 3.48. The number of hydrogen-bond donors (Lipinski definition) is 2. The fourth-order valence-corrected chi connectivity index (χ4v) is 3.53. The number of aryl methyl sites for hydroxylation is 1. The first kappa shape index (κ1) is 18.4. The molecule has 1 aliphatic rings. The van der Waals surface area contributed by atoms with Crippen LogP contribution in [0.25, 0.3) is 22.2 Å². The number of nitrogens with two attached hydrogens (primary N) is 1. The van der Waals surface area contributed by atoms with E-state index in [9.17, 15) is 18.0 Å². The molecule has 0 atom stereocenters. The lowest BCUT2D eigenvalue weighted by Gasteiger charge is -2.12. The number of benzene rings is 2. The summed E-state index contributed by atoms with van der Waals surface area (Å²) in [6.45, 7) is 2.32. The van der Waals surface area contributed by atoms with Crippen LogP contribution in [-0.2, 0) is 17.5 Å². The lowest BCUT2D eigenvalue weighted by Crippen LogP contribution is -2.13. The topological polar surface area (TPSA) is 60.0 Å². The van der Waals surface area contributed by atoms with Crippen molar-refractivity contribution in [1.82, 2.24) is 4.57 Å². The van der Waals surface area contributed by atoms with Crippen LogP contribution in [-0.4, -0.2) is 10.5 Å². The van der Waals surface area contributed by atoms with E-state index in [1.807, 2.05) is 19.1 Å². The van der Waals surface area contributed by atoms with E-state index in [4.69, 9.17) is 5.73 Å². The van der Waals surface area contributed by atoms with Gasteiger partial charge in [0.1, 0.15) is 0 Å². The second-order valence-electron chi connectivity index (χ2n) is 7.08. The van der Waals surface area contributed by atoms with E-state index in [0.717, 1.165) is 30.5 Å². The number of aromatic nitrogens is 1. The Morgan fingerprint density at radius 1 is 1.21 bits per heavy atom. The zero-order chi connectivity index (χ0) is 20.1. The molecule has 1 heterocycles. The maximum absolute atomic E-state index is 13.1. The van der Waals surface area contributed by atoms with Crippen molar-refractivity contribution < 1.29 is 18.0 Å². The molecule has 0 spiro atoms. The number of fused-ring (bicyclic) bond motifs is 1. The van der Waals surface area contributed by atoms with Gasteiger partial charge < -0.3 is 15.6 Å². The lowest BCUT2D eigenvalue weighted by molar-refractivity contribution is -0.137. The summed E-state index contributed by atoms with van der Waals surface area (Å²) in [5.74, 6) is 0.0765. The van der Waals surface area contributed by atoms with Crippen LogP contribution in [0.1, 0.15) is 25.3 Å². The quantitative estimate of drug-likeness (QED) is 0.640. The average molecular weight is 387 g/mol. The highest BCUT2D eigenvalue weighted by molar-refractivity contribution is 6.02. The molecular weight excluding hydrogens is 367 g/mol. The van der Waals surface area contributed by atoms with Crippen LogP contribution in [0.5, 0.6) is 0 Å². The summed E-state index contributed by atoms with van der Waals surface area (Å²) in [6, 6.07) is 10.8. The van der Waals surface area contributed by atoms with Gasteiger partial charge in [-0.25, -0.2) is 0 Å². The summed E-state index contributed by atoms with van der Waals surface area (Å²) >= 11 is 0. The number of nitrogens with zero attached hydrogens (tertiary/aromatic N) is 1. The maximum atomic E-state index is 13.1. The zero-order valence-electron chi connectivity index (χ0n) is 15.3. The molecule has 0 unspecified atom stereocenters. The monoisotopic (exact) mass is 387 g/mol. The van der Waals surface area contributed by atoms with Gasteiger partial charge in [0.25, 0.3) is 0 Å². The van der Waals surface area contributed by atoms with E-state index < -0.39 is 11.7 Å². The van der Waals surface area contributed by atoms with Gasteiger partial charge in [-0.1, -0.05) is 18.2 Å². The van der Waals surface area contributed by atoms with Crippen molar-refractivity contribution in [2.45, 2.75) is 32.5 Å². The molecule has 1 aromatic heterocycles. The molecule has 1 saturated carbocycles. The minimum Gasteiger partial charge on any atom is -0.396 e. The van der Waals surface area contributed by atoms with Crippen LogP contribution in [0, 0.1) is 5.92 Å². The van der Waals surface area contributed by atoms with Gasteiger partial charge in [-0.15, -0.1) is 0 Å². The molecule has 1 aliphatic carbocycles. The molecule has 4 nitrogen and oxygen atoms in total. The molecule has 7 heteroatoms. The molecule has 0 bridgehead atoms. The molecule has 0 saturated heterocycles. The number of nitrogen functional groups attached to an aromatic ring is 1. The van der Waals surface area contributed by atoms with Gasteiger partial charge in [0.15, 0.2) is 0 Å². The Labute approximate surface area is 160 Å². The highest BCUT2D eigenvalue weighted by Crippen LogP contribution is 2.40. The molecule has 2 aromatic carbocycles. The molecule has 4 rings (SSSR count). The Bertz CT molecular complexity index is 1060. The first-order chi connectivity index (χ1) is 13.3. The second kappa shape index (κ2) is 6.58. The van der Waals surface area contributed by atoms with E-state index >= 15 is 0 Å². The third-order valence-corrected chi connectivity index (χ3v) is 5.10. The van der Waals surface area contributed by atoms with Crippen LogP contribution in [0.2, 0.25) is 0 Å². The van der Waals surface area contributed by atoms with Crippen molar-refractivity contribution in [3.63, 3.8) is 0 Å². The molecule has 3 aromatic rings. The van der Waals surface area contributed by atoms with Crippen molar-refractivity contribution in [2.24, 2.45) is 5.92 Å². The summed E-state index contributed by atoms with van der Waals surface area (Å²) in [7, 11) is 0. The Balaban J connectivity index is 1.82. The summed E-state index contributed by atoms with van der Waals surface area (Å²) in [6.07, 6.45) is -2.60. The van der Waals surface area contributed by atoms with Gasteiger partial charge in [0.2, 0.25) is 5.91 Å². The van der Waals surface area contributed by atoms with Crippen molar-refractivity contribution in [2.75, 3.05) is 11.1 Å². The van der Waals surface area contributed by atoms with E-state index in [1.54, 1.807) is 16.7 Å². The van der Waals surface area contributed by atoms with E-state index in [1.165, 1.54) is 6.07 Å². The maximum Gasteiger partial charge on any atom is 0.416 e. The number of anilines is 2. The van der Waals surface area contributed by atoms with Crippen LogP contribution in [0.3, 0.4) is 0 Å². The largest absolute Gasteiger partial charge is 0.416 e. The van der Waals surface area contributed by atoms with Gasteiger partial charge in [-0.2, -0.15) is 13.2 Å². The Kier molecular flexibility index (Phi) is 4.33. The fraction of sp³-hybridized carbons (Fsp3) is 0.286. The van der Waals surface area contributed by atoms with E-state index in [0.29, 0.717) is 34.5 Å². The predicted octanol–water partition coefficient (Wildman–Crippen LogP) is 5.28. The first-order valence-electron chi connectivity index (χ1n) is 9.19. The molecule has 0 radical (unpaired) electrons. The standard InChI is InChI=1S/C21H20F3N3O/c1-2-27-17-11-14(21(22,23)24)8-9-16(17)18(25)19(27)13-4-3-5-15(10-13)26-20(28)12-6-7-12/h3-5,8-12H,2,6-7,25H2,1H3,(H,26,28). The van der Waals surface area contributed by atoms with Crippen molar-refractivity contribution in [3.05, 3.63) is 48.0 Å². The van der Waals surface area contributed by atoms with Crippen molar-refractivity contribution >= 4 is 28.2 Å². The molecule has 1 fully saturated rings. The minimum absolute atomic E-state index is 0.00373. The van der Waals surface area contributed by atoms with Gasteiger partial charge in [0.05, 0.1) is 22.5 Å². The second-order valence-corrected chi connectivity index (χ2v) is 7.08. The molecular formula is C21H20F3N3O. The van der Waals surface area contributed by atoms with Gasteiger partial charge in [-0.3, -0.25) is 4.79 Å². The summed E-state index contributed by atoms with van der Waals surface area (Å²) in [5.41, 5.74) is 8.54. The van der Waals surface area contributed by atoms with Crippen molar-refractivity contribution in [3.8, 4) is 11.3 Å². The molecule has 0 aliphatic heterocycles. The normalized spacial score (nSPS) is 14.4. The fourth-order valence-electron chi connectivity index (χ4n) is 3.53. The highest BCUT2D eigenvalue weighted by atomic mass is 19.4. The number of nitrogens with one attached hydrogen (secondary N) is 1. The van der Waals surface area contributed by atoms with Crippen LogP contribution in [0.4, 0.5) is 24.5 Å².